The van der Waals surface area contributed by atoms with Crippen molar-refractivity contribution in [3.05, 3.63) is 55.2 Å². The SMILES string of the molecule is COc1cc2c(cc1-n1ncc3cnc(-c4cnn5cccnc45)cc31)OCCN2. The molecule has 4 aromatic heterocycles. The average molecular weight is 399 g/mol. The van der Waals surface area contributed by atoms with E-state index in [9.17, 15) is 0 Å². The van der Waals surface area contributed by atoms with Gasteiger partial charge in [-0.3, -0.25) is 4.98 Å². The van der Waals surface area contributed by atoms with Crippen LogP contribution in [0.15, 0.2) is 55.2 Å². The number of benzene rings is 1. The summed E-state index contributed by atoms with van der Waals surface area (Å²) in [6.45, 7) is 1.39. The second-order valence-electron chi connectivity index (χ2n) is 6.93. The van der Waals surface area contributed by atoms with Gasteiger partial charge in [-0.05, 0) is 12.1 Å². The van der Waals surface area contributed by atoms with Gasteiger partial charge in [0, 0.05) is 42.7 Å². The summed E-state index contributed by atoms with van der Waals surface area (Å²) in [5, 5.41) is 13.2. The second kappa shape index (κ2) is 6.45. The zero-order valence-corrected chi connectivity index (χ0v) is 16.1. The Morgan fingerprint density at radius 1 is 1.10 bits per heavy atom. The summed E-state index contributed by atoms with van der Waals surface area (Å²) >= 11 is 0. The summed E-state index contributed by atoms with van der Waals surface area (Å²) < 4.78 is 15.0. The predicted molar refractivity (Wildman–Crippen MR) is 111 cm³/mol. The normalized spacial score (nSPS) is 13.1. The van der Waals surface area contributed by atoms with Crippen molar-refractivity contribution in [1.29, 1.82) is 0 Å². The molecule has 6 rings (SSSR count). The topological polar surface area (TPSA) is 91.4 Å². The Morgan fingerprint density at radius 3 is 3.00 bits per heavy atom. The Labute approximate surface area is 170 Å². The van der Waals surface area contributed by atoms with Gasteiger partial charge in [0.2, 0.25) is 0 Å². The predicted octanol–water partition coefficient (Wildman–Crippen LogP) is 2.94. The van der Waals surface area contributed by atoms with Crippen molar-refractivity contribution in [2.45, 2.75) is 0 Å². The van der Waals surface area contributed by atoms with Crippen LogP contribution in [0.5, 0.6) is 11.5 Å². The van der Waals surface area contributed by atoms with Crippen LogP contribution < -0.4 is 14.8 Å². The lowest BCUT2D eigenvalue weighted by Crippen LogP contribution is -2.18. The van der Waals surface area contributed by atoms with E-state index in [0.29, 0.717) is 12.4 Å². The highest BCUT2D eigenvalue weighted by molar-refractivity contribution is 5.86. The number of anilines is 1. The highest BCUT2D eigenvalue weighted by Crippen LogP contribution is 2.37. The lowest BCUT2D eigenvalue weighted by Gasteiger charge is -2.21. The first kappa shape index (κ1) is 16.8. The molecule has 1 aromatic carbocycles. The molecule has 0 spiro atoms. The van der Waals surface area contributed by atoms with Crippen molar-refractivity contribution in [3.63, 3.8) is 0 Å². The first-order valence-electron chi connectivity index (χ1n) is 9.53. The zero-order valence-electron chi connectivity index (χ0n) is 16.1. The fourth-order valence-corrected chi connectivity index (χ4v) is 3.75. The van der Waals surface area contributed by atoms with Crippen molar-refractivity contribution in [3.8, 4) is 28.4 Å². The molecule has 0 atom stereocenters. The van der Waals surface area contributed by atoms with Crippen molar-refractivity contribution in [2.24, 2.45) is 0 Å². The van der Waals surface area contributed by atoms with E-state index in [4.69, 9.17) is 9.47 Å². The van der Waals surface area contributed by atoms with E-state index in [2.05, 4.69) is 25.5 Å². The molecule has 5 aromatic rings. The number of pyridine rings is 1. The van der Waals surface area contributed by atoms with E-state index in [1.54, 1.807) is 30.2 Å². The Balaban J connectivity index is 1.54. The van der Waals surface area contributed by atoms with Crippen LogP contribution in [0, 0.1) is 0 Å². The molecule has 5 heterocycles. The quantitative estimate of drug-likeness (QED) is 0.499. The lowest BCUT2D eigenvalue weighted by atomic mass is 10.2. The van der Waals surface area contributed by atoms with E-state index < -0.39 is 0 Å². The summed E-state index contributed by atoms with van der Waals surface area (Å²) in [5.41, 5.74) is 4.99. The van der Waals surface area contributed by atoms with E-state index in [1.807, 2.05) is 41.3 Å². The first-order chi connectivity index (χ1) is 14.8. The molecule has 0 aliphatic carbocycles. The fraction of sp³-hybridized carbons (Fsp3) is 0.143. The Kier molecular flexibility index (Phi) is 3.61. The van der Waals surface area contributed by atoms with Crippen LogP contribution in [-0.4, -0.2) is 49.6 Å². The molecule has 0 amide bonds. The molecule has 0 fully saturated rings. The Morgan fingerprint density at radius 2 is 2.07 bits per heavy atom. The highest BCUT2D eigenvalue weighted by atomic mass is 16.5. The molecule has 148 valence electrons. The van der Waals surface area contributed by atoms with Crippen molar-refractivity contribution in [1.82, 2.24) is 29.4 Å². The standard InChI is InChI=1S/C21H17N7O2/c1-29-20-8-16-19(30-6-4-22-16)9-18(20)28-17-7-15(24-10-13(17)11-26-28)14-12-25-27-5-2-3-23-21(14)27/h2-3,5,7-12,22H,4,6H2,1H3. The largest absolute Gasteiger partial charge is 0.494 e. The minimum atomic E-state index is 0.619. The van der Waals surface area contributed by atoms with Gasteiger partial charge >= 0.3 is 0 Å². The van der Waals surface area contributed by atoms with Gasteiger partial charge in [-0.15, -0.1) is 0 Å². The molecule has 30 heavy (non-hydrogen) atoms. The minimum Gasteiger partial charge on any atom is -0.494 e. The smallest absolute Gasteiger partial charge is 0.164 e. The lowest BCUT2D eigenvalue weighted by molar-refractivity contribution is 0.322. The minimum absolute atomic E-state index is 0.619. The van der Waals surface area contributed by atoms with Gasteiger partial charge in [0.15, 0.2) is 5.65 Å². The van der Waals surface area contributed by atoms with Gasteiger partial charge in [-0.1, -0.05) is 0 Å². The maximum Gasteiger partial charge on any atom is 0.164 e. The fourth-order valence-electron chi connectivity index (χ4n) is 3.75. The third-order valence-corrected chi connectivity index (χ3v) is 5.19. The summed E-state index contributed by atoms with van der Waals surface area (Å²) in [6.07, 6.45) is 8.98. The first-order valence-corrected chi connectivity index (χ1v) is 9.53. The summed E-state index contributed by atoms with van der Waals surface area (Å²) in [7, 11) is 1.65. The molecule has 1 aliphatic rings. The van der Waals surface area contributed by atoms with Crippen LogP contribution in [0.3, 0.4) is 0 Å². The number of methoxy groups -OCH3 is 1. The molecular formula is C21H17N7O2. The van der Waals surface area contributed by atoms with Crippen LogP contribution in [0.2, 0.25) is 0 Å². The van der Waals surface area contributed by atoms with Crippen LogP contribution in [0.4, 0.5) is 5.69 Å². The van der Waals surface area contributed by atoms with Crippen LogP contribution in [0.1, 0.15) is 0 Å². The molecule has 0 unspecified atom stereocenters. The number of fused-ring (bicyclic) bond motifs is 3. The number of ether oxygens (including phenoxy) is 2. The second-order valence-corrected chi connectivity index (χ2v) is 6.93. The Bertz CT molecular complexity index is 1410. The molecule has 0 saturated carbocycles. The van der Waals surface area contributed by atoms with Crippen molar-refractivity contribution in [2.75, 3.05) is 25.6 Å². The highest BCUT2D eigenvalue weighted by Gasteiger charge is 2.19. The molecule has 0 radical (unpaired) electrons. The van der Waals surface area contributed by atoms with Crippen LogP contribution in [-0.2, 0) is 0 Å². The monoisotopic (exact) mass is 399 g/mol. The van der Waals surface area contributed by atoms with Gasteiger partial charge in [0.05, 0.1) is 42.0 Å². The van der Waals surface area contributed by atoms with E-state index in [-0.39, 0.29) is 0 Å². The van der Waals surface area contributed by atoms with Gasteiger partial charge in [0.1, 0.15) is 23.8 Å². The summed E-state index contributed by atoms with van der Waals surface area (Å²) in [6, 6.07) is 7.72. The average Bonchev–Trinajstić information content (AvgIpc) is 3.42. The number of hydrogen-bond acceptors (Lipinski definition) is 7. The Hall–Kier alpha value is -4.14. The van der Waals surface area contributed by atoms with Gasteiger partial charge in [-0.2, -0.15) is 10.2 Å². The van der Waals surface area contributed by atoms with Gasteiger partial charge in [0.25, 0.3) is 0 Å². The maximum absolute atomic E-state index is 5.81. The van der Waals surface area contributed by atoms with E-state index in [1.165, 1.54) is 0 Å². The van der Waals surface area contributed by atoms with E-state index in [0.717, 1.165) is 51.5 Å². The molecule has 0 saturated heterocycles. The third kappa shape index (κ3) is 2.48. The molecule has 9 heteroatoms. The van der Waals surface area contributed by atoms with Crippen molar-refractivity contribution >= 4 is 22.2 Å². The third-order valence-electron chi connectivity index (χ3n) is 5.19. The number of nitrogens with zero attached hydrogens (tertiary/aromatic N) is 6. The summed E-state index contributed by atoms with van der Waals surface area (Å²) in [4.78, 5) is 9.04. The number of aromatic nitrogens is 6. The van der Waals surface area contributed by atoms with E-state index >= 15 is 0 Å². The molecule has 9 nitrogen and oxygen atoms in total. The number of rotatable bonds is 3. The van der Waals surface area contributed by atoms with Crippen LogP contribution in [0.25, 0.3) is 33.5 Å². The summed E-state index contributed by atoms with van der Waals surface area (Å²) in [5.74, 6) is 1.48. The molecule has 1 aliphatic heterocycles. The number of nitrogens with one attached hydrogen (secondary N) is 1. The number of hydrogen-bond donors (Lipinski definition) is 1. The molecular weight excluding hydrogens is 382 g/mol. The zero-order chi connectivity index (χ0) is 20.1. The van der Waals surface area contributed by atoms with Crippen LogP contribution >= 0.6 is 0 Å². The molecule has 1 N–H and O–H groups in total. The molecule has 0 bridgehead atoms. The van der Waals surface area contributed by atoms with Gasteiger partial charge in [-0.25, -0.2) is 14.2 Å². The van der Waals surface area contributed by atoms with Gasteiger partial charge < -0.3 is 14.8 Å². The van der Waals surface area contributed by atoms with Crippen molar-refractivity contribution < 1.29 is 9.47 Å². The maximum atomic E-state index is 5.81.